The maximum Gasteiger partial charge on any atom is 0.319 e. The number of hydrogen-bond acceptors (Lipinski definition) is 2. The number of benzene rings is 1. The van der Waals surface area contributed by atoms with Gasteiger partial charge in [-0.15, -0.1) is 0 Å². The molecule has 2 amide bonds. The number of halogens is 1. The molecule has 20 heavy (non-hydrogen) atoms. The number of anilines is 1. The molecule has 1 aliphatic carbocycles. The number of urea groups is 1. The lowest BCUT2D eigenvalue weighted by molar-refractivity contribution is -0.148. The Morgan fingerprint density at radius 2 is 2.10 bits per heavy atom. The lowest BCUT2D eigenvalue weighted by atomic mass is 9.85. The van der Waals surface area contributed by atoms with E-state index in [0.29, 0.717) is 23.6 Å². The molecule has 0 radical (unpaired) electrons. The molecule has 1 aliphatic rings. The lowest BCUT2D eigenvalue weighted by Gasteiger charge is -2.27. The van der Waals surface area contributed by atoms with Crippen molar-refractivity contribution >= 4 is 29.3 Å². The van der Waals surface area contributed by atoms with Gasteiger partial charge in [-0.1, -0.05) is 30.2 Å². The Morgan fingerprint density at radius 3 is 2.75 bits per heavy atom. The first-order valence-electron chi connectivity index (χ1n) is 6.49. The molecule has 0 aliphatic heterocycles. The number of carboxylic acid groups (broad SMARTS) is 1. The van der Waals surface area contributed by atoms with Gasteiger partial charge in [-0.25, -0.2) is 4.79 Å². The third-order valence-corrected chi connectivity index (χ3v) is 4.20. The van der Waals surface area contributed by atoms with Gasteiger partial charge in [0.05, 0.1) is 16.1 Å². The van der Waals surface area contributed by atoms with Gasteiger partial charge in [0.25, 0.3) is 0 Å². The van der Waals surface area contributed by atoms with Gasteiger partial charge in [-0.2, -0.15) is 0 Å². The van der Waals surface area contributed by atoms with Crippen molar-refractivity contribution in [2.24, 2.45) is 5.41 Å². The molecule has 1 aromatic carbocycles. The van der Waals surface area contributed by atoms with E-state index in [1.54, 1.807) is 31.2 Å². The number of para-hydroxylation sites is 1. The number of nitrogens with one attached hydrogen (secondary N) is 2. The van der Waals surface area contributed by atoms with E-state index in [-0.39, 0.29) is 6.04 Å². The summed E-state index contributed by atoms with van der Waals surface area (Å²) in [6.45, 7) is 1.67. The molecule has 5 nitrogen and oxygen atoms in total. The molecule has 0 aromatic heterocycles. The van der Waals surface area contributed by atoms with Gasteiger partial charge < -0.3 is 15.7 Å². The SMILES string of the molecule is CC1(C(=O)O)CCCC1NC(=O)Nc1ccccc1Cl. The van der Waals surface area contributed by atoms with Crippen LogP contribution in [0.25, 0.3) is 0 Å². The Hall–Kier alpha value is -1.75. The maximum atomic E-state index is 12.0. The zero-order valence-corrected chi connectivity index (χ0v) is 11.9. The molecule has 1 saturated carbocycles. The average molecular weight is 297 g/mol. The molecule has 2 atom stereocenters. The van der Waals surface area contributed by atoms with Crippen LogP contribution in [0.2, 0.25) is 5.02 Å². The van der Waals surface area contributed by atoms with Crippen LogP contribution in [0.15, 0.2) is 24.3 Å². The fraction of sp³-hybridized carbons (Fsp3) is 0.429. The first kappa shape index (κ1) is 14.7. The highest BCUT2D eigenvalue weighted by atomic mass is 35.5. The highest BCUT2D eigenvalue weighted by Gasteiger charge is 2.45. The first-order valence-corrected chi connectivity index (χ1v) is 6.87. The third kappa shape index (κ3) is 2.88. The standard InChI is InChI=1S/C14H17ClN2O3/c1-14(12(18)19)8-4-7-11(14)17-13(20)16-10-6-3-2-5-9(10)15/h2-3,5-6,11H,4,7-8H2,1H3,(H,18,19)(H2,16,17,20). The van der Waals surface area contributed by atoms with Crippen molar-refractivity contribution in [1.82, 2.24) is 5.32 Å². The van der Waals surface area contributed by atoms with Gasteiger partial charge in [-0.05, 0) is 31.9 Å². The minimum Gasteiger partial charge on any atom is -0.481 e. The molecule has 1 fully saturated rings. The number of amides is 2. The number of hydrogen-bond donors (Lipinski definition) is 3. The molecule has 6 heteroatoms. The Morgan fingerprint density at radius 1 is 1.40 bits per heavy atom. The van der Waals surface area contributed by atoms with Gasteiger partial charge in [0.15, 0.2) is 0 Å². The van der Waals surface area contributed by atoms with Crippen LogP contribution in [0.5, 0.6) is 0 Å². The predicted molar refractivity (Wildman–Crippen MR) is 77.0 cm³/mol. The summed E-state index contributed by atoms with van der Waals surface area (Å²) < 4.78 is 0. The van der Waals surface area contributed by atoms with Crippen LogP contribution in [0.1, 0.15) is 26.2 Å². The summed E-state index contributed by atoms with van der Waals surface area (Å²) in [4.78, 5) is 23.3. The molecule has 0 heterocycles. The fourth-order valence-electron chi connectivity index (χ4n) is 2.53. The third-order valence-electron chi connectivity index (χ3n) is 3.87. The monoisotopic (exact) mass is 296 g/mol. The van der Waals surface area contributed by atoms with Gasteiger partial charge in [-0.3, -0.25) is 4.79 Å². The zero-order valence-electron chi connectivity index (χ0n) is 11.1. The zero-order chi connectivity index (χ0) is 14.8. The van der Waals surface area contributed by atoms with Crippen molar-refractivity contribution < 1.29 is 14.7 Å². The van der Waals surface area contributed by atoms with E-state index in [1.807, 2.05) is 0 Å². The second-order valence-electron chi connectivity index (χ2n) is 5.25. The van der Waals surface area contributed by atoms with Crippen LogP contribution in [0.4, 0.5) is 10.5 Å². The van der Waals surface area contributed by atoms with Crippen molar-refractivity contribution in [1.29, 1.82) is 0 Å². The number of carbonyl (C=O) groups is 2. The molecule has 0 spiro atoms. The second-order valence-corrected chi connectivity index (χ2v) is 5.65. The van der Waals surface area contributed by atoms with E-state index >= 15 is 0 Å². The number of aliphatic carboxylic acids is 1. The van der Waals surface area contributed by atoms with Gasteiger partial charge >= 0.3 is 12.0 Å². The van der Waals surface area contributed by atoms with Crippen LogP contribution >= 0.6 is 11.6 Å². The minimum absolute atomic E-state index is 0.373. The molecule has 108 valence electrons. The van der Waals surface area contributed by atoms with Gasteiger partial charge in [0, 0.05) is 6.04 Å². The Bertz CT molecular complexity index is 535. The van der Waals surface area contributed by atoms with Crippen molar-refractivity contribution in [3.05, 3.63) is 29.3 Å². The quantitative estimate of drug-likeness (QED) is 0.802. The van der Waals surface area contributed by atoms with Crippen LogP contribution < -0.4 is 10.6 Å². The average Bonchev–Trinajstić information content (AvgIpc) is 2.75. The topological polar surface area (TPSA) is 78.4 Å². The molecule has 2 rings (SSSR count). The number of carboxylic acids is 1. The van der Waals surface area contributed by atoms with E-state index in [4.69, 9.17) is 11.6 Å². The van der Waals surface area contributed by atoms with Crippen molar-refractivity contribution in [2.45, 2.75) is 32.2 Å². The van der Waals surface area contributed by atoms with E-state index in [1.165, 1.54) is 0 Å². The summed E-state index contributed by atoms with van der Waals surface area (Å²) in [5, 5.41) is 15.1. The van der Waals surface area contributed by atoms with E-state index in [2.05, 4.69) is 10.6 Å². The first-order chi connectivity index (χ1) is 9.43. The van der Waals surface area contributed by atoms with Gasteiger partial charge in [0.1, 0.15) is 0 Å². The van der Waals surface area contributed by atoms with Crippen LogP contribution in [0.3, 0.4) is 0 Å². The predicted octanol–water partition coefficient (Wildman–Crippen LogP) is 3.10. The highest BCUT2D eigenvalue weighted by Crippen LogP contribution is 2.38. The Balaban J connectivity index is 2.02. The summed E-state index contributed by atoms with van der Waals surface area (Å²) in [7, 11) is 0. The Labute approximate surface area is 122 Å². The molecule has 2 unspecified atom stereocenters. The summed E-state index contributed by atoms with van der Waals surface area (Å²) in [5.41, 5.74) is -0.403. The molecular formula is C14H17ClN2O3. The second kappa shape index (κ2) is 5.71. The van der Waals surface area contributed by atoms with Crippen LogP contribution in [-0.2, 0) is 4.79 Å². The summed E-state index contributed by atoms with van der Waals surface area (Å²) in [6.07, 6.45) is 2.03. The van der Waals surface area contributed by atoms with Crippen LogP contribution in [-0.4, -0.2) is 23.1 Å². The van der Waals surface area contributed by atoms with Crippen molar-refractivity contribution in [2.75, 3.05) is 5.32 Å². The summed E-state index contributed by atoms with van der Waals surface area (Å²) >= 11 is 5.95. The summed E-state index contributed by atoms with van der Waals surface area (Å²) in [6, 6.07) is 6.09. The molecule has 0 saturated heterocycles. The van der Waals surface area contributed by atoms with Crippen molar-refractivity contribution in [3.63, 3.8) is 0 Å². The molecular weight excluding hydrogens is 280 g/mol. The normalized spacial score (nSPS) is 25.2. The minimum atomic E-state index is -0.905. The van der Waals surface area contributed by atoms with E-state index < -0.39 is 17.4 Å². The number of carbonyl (C=O) groups excluding carboxylic acids is 1. The molecule has 3 N–H and O–H groups in total. The number of rotatable bonds is 3. The van der Waals surface area contributed by atoms with Crippen LogP contribution in [0, 0.1) is 5.41 Å². The maximum absolute atomic E-state index is 12.0. The summed E-state index contributed by atoms with van der Waals surface area (Å²) in [5.74, 6) is -0.877. The lowest BCUT2D eigenvalue weighted by Crippen LogP contribution is -2.48. The van der Waals surface area contributed by atoms with Crippen molar-refractivity contribution in [3.8, 4) is 0 Å². The highest BCUT2D eigenvalue weighted by molar-refractivity contribution is 6.33. The smallest absolute Gasteiger partial charge is 0.319 e. The molecule has 1 aromatic rings. The Kier molecular flexibility index (Phi) is 4.18. The van der Waals surface area contributed by atoms with E-state index in [0.717, 1.165) is 6.42 Å². The molecule has 0 bridgehead atoms. The van der Waals surface area contributed by atoms with Gasteiger partial charge in [0.2, 0.25) is 0 Å². The van der Waals surface area contributed by atoms with E-state index in [9.17, 15) is 14.7 Å². The largest absolute Gasteiger partial charge is 0.481 e. The fourth-order valence-corrected chi connectivity index (χ4v) is 2.72.